The maximum Gasteiger partial charge on any atom is 0.259 e. The molecule has 36 heavy (non-hydrogen) atoms. The fourth-order valence-corrected chi connectivity index (χ4v) is 6.17. The van der Waals surface area contributed by atoms with Gasteiger partial charge in [0, 0.05) is 29.0 Å². The zero-order chi connectivity index (χ0) is 25.2. The van der Waals surface area contributed by atoms with E-state index in [0.717, 1.165) is 33.5 Å². The lowest BCUT2D eigenvalue weighted by Crippen LogP contribution is -2.81. The van der Waals surface area contributed by atoms with E-state index in [9.17, 15) is 9.59 Å². The molecule has 2 amide bonds. The number of fused-ring (bicyclic) bond motifs is 2. The third-order valence-corrected chi connectivity index (χ3v) is 7.98. The van der Waals surface area contributed by atoms with Crippen molar-refractivity contribution in [2.45, 2.75) is 24.8 Å². The van der Waals surface area contributed by atoms with Gasteiger partial charge in [-0.05, 0) is 55.3 Å². The maximum absolute atomic E-state index is 14.7. The van der Waals surface area contributed by atoms with E-state index in [1.54, 1.807) is 29.0 Å². The van der Waals surface area contributed by atoms with E-state index < -0.39 is 11.0 Å². The van der Waals surface area contributed by atoms with Crippen LogP contribution in [0.4, 0.5) is 11.4 Å². The number of hydrogen-bond donors (Lipinski definition) is 0. The smallest absolute Gasteiger partial charge is 0.259 e. The number of benzene rings is 4. The molecule has 1 spiro atoms. The number of β-lactam (4-membered cyclic amide) rings is 1. The van der Waals surface area contributed by atoms with Crippen molar-refractivity contribution in [1.29, 1.82) is 0 Å². The van der Waals surface area contributed by atoms with Crippen LogP contribution in [-0.2, 0) is 20.5 Å². The third-order valence-electron chi connectivity index (χ3n) is 7.73. The second-order valence-corrected chi connectivity index (χ2v) is 10.1. The lowest BCUT2D eigenvalue weighted by molar-refractivity contribution is -0.145. The Hall–Kier alpha value is -3.89. The molecule has 2 aliphatic rings. The van der Waals surface area contributed by atoms with E-state index in [1.807, 2.05) is 98.8 Å². The highest BCUT2D eigenvalue weighted by atomic mass is 35.5. The summed E-state index contributed by atoms with van der Waals surface area (Å²) in [5.41, 5.74) is 3.48. The summed E-state index contributed by atoms with van der Waals surface area (Å²) < 4.78 is 0. The first-order valence-corrected chi connectivity index (χ1v) is 12.3. The van der Waals surface area contributed by atoms with Crippen molar-refractivity contribution in [2.24, 2.45) is 0 Å². The molecule has 1 unspecified atom stereocenters. The van der Waals surface area contributed by atoms with Gasteiger partial charge in [-0.2, -0.15) is 0 Å². The fourth-order valence-electron chi connectivity index (χ4n) is 6.05. The summed E-state index contributed by atoms with van der Waals surface area (Å²) in [5, 5.41) is 0.569. The Morgan fingerprint density at radius 2 is 1.19 bits per heavy atom. The van der Waals surface area contributed by atoms with Gasteiger partial charge in [0.15, 0.2) is 5.54 Å². The number of hydrogen-bond acceptors (Lipinski definition) is 2. The van der Waals surface area contributed by atoms with Crippen LogP contribution in [0.15, 0.2) is 97.1 Å². The Bertz CT molecular complexity index is 1460. The van der Waals surface area contributed by atoms with Gasteiger partial charge >= 0.3 is 0 Å². The number of likely N-dealkylation sites (N-methyl/N-ethyl adjacent to an activating group) is 1. The topological polar surface area (TPSA) is 40.6 Å². The third kappa shape index (κ3) is 2.65. The van der Waals surface area contributed by atoms with Crippen LogP contribution in [-0.4, -0.2) is 18.9 Å². The van der Waals surface area contributed by atoms with Crippen molar-refractivity contribution >= 4 is 34.8 Å². The molecule has 4 aromatic rings. The van der Waals surface area contributed by atoms with Crippen LogP contribution in [0.3, 0.4) is 0 Å². The first-order valence-electron chi connectivity index (χ1n) is 12.0. The Morgan fingerprint density at radius 3 is 1.75 bits per heavy atom. The summed E-state index contributed by atoms with van der Waals surface area (Å²) >= 11 is 6.20. The van der Waals surface area contributed by atoms with Crippen molar-refractivity contribution < 1.29 is 9.59 Å². The van der Waals surface area contributed by atoms with Gasteiger partial charge in [-0.25, -0.2) is 0 Å². The summed E-state index contributed by atoms with van der Waals surface area (Å²) in [5.74, 6) is -0.282. The van der Waals surface area contributed by atoms with Crippen LogP contribution in [0, 0.1) is 13.8 Å². The number of anilines is 2. The van der Waals surface area contributed by atoms with Crippen LogP contribution in [0.1, 0.15) is 27.8 Å². The van der Waals surface area contributed by atoms with Crippen LogP contribution >= 0.6 is 11.6 Å². The maximum atomic E-state index is 14.7. The monoisotopic (exact) mass is 492 g/mol. The summed E-state index contributed by atoms with van der Waals surface area (Å²) in [6, 6.07) is 30.9. The summed E-state index contributed by atoms with van der Waals surface area (Å²) in [7, 11) is 1.79. The van der Waals surface area contributed by atoms with Gasteiger partial charge in [0.25, 0.3) is 5.91 Å². The van der Waals surface area contributed by atoms with E-state index in [4.69, 9.17) is 11.6 Å². The van der Waals surface area contributed by atoms with Crippen molar-refractivity contribution in [2.75, 3.05) is 16.8 Å². The molecule has 2 aliphatic heterocycles. The molecule has 0 N–H and O–H groups in total. The minimum atomic E-state index is -1.30. The molecule has 6 rings (SSSR count). The normalized spacial score (nSPS) is 20.0. The van der Waals surface area contributed by atoms with Crippen LogP contribution in [0.25, 0.3) is 0 Å². The van der Waals surface area contributed by atoms with Crippen LogP contribution in [0.5, 0.6) is 0 Å². The van der Waals surface area contributed by atoms with Crippen molar-refractivity contribution in [3.05, 3.63) is 130 Å². The van der Waals surface area contributed by atoms with E-state index >= 15 is 0 Å². The Morgan fingerprint density at radius 1 is 0.667 bits per heavy atom. The molecule has 0 aromatic heterocycles. The number of para-hydroxylation sites is 1. The quantitative estimate of drug-likeness (QED) is 0.321. The lowest BCUT2D eigenvalue weighted by Gasteiger charge is -2.62. The Kier molecular flexibility index (Phi) is 4.89. The van der Waals surface area contributed by atoms with Gasteiger partial charge in [0.1, 0.15) is 5.41 Å². The lowest BCUT2D eigenvalue weighted by atomic mass is 9.51. The van der Waals surface area contributed by atoms with Crippen molar-refractivity contribution in [3.63, 3.8) is 0 Å². The fraction of sp³-hybridized carbons (Fsp3) is 0.161. The van der Waals surface area contributed by atoms with E-state index in [-0.39, 0.29) is 11.8 Å². The van der Waals surface area contributed by atoms with Crippen LogP contribution in [0.2, 0.25) is 5.02 Å². The highest BCUT2D eigenvalue weighted by Crippen LogP contribution is 2.65. The van der Waals surface area contributed by atoms with E-state index in [2.05, 4.69) is 0 Å². The molecule has 4 aromatic carbocycles. The summed E-state index contributed by atoms with van der Waals surface area (Å²) in [6.07, 6.45) is 0. The van der Waals surface area contributed by atoms with E-state index in [0.29, 0.717) is 10.7 Å². The number of carbonyl (C=O) groups is 2. The molecule has 0 bridgehead atoms. The number of carbonyl (C=O) groups excluding carboxylic acids is 2. The highest BCUT2D eigenvalue weighted by Gasteiger charge is 2.80. The van der Waals surface area contributed by atoms with Gasteiger partial charge in [0.05, 0.1) is 0 Å². The van der Waals surface area contributed by atoms with Crippen molar-refractivity contribution in [1.82, 2.24) is 0 Å². The van der Waals surface area contributed by atoms with E-state index in [1.165, 1.54) is 0 Å². The zero-order valence-electron chi connectivity index (χ0n) is 20.3. The molecule has 0 saturated carbocycles. The molecular weight excluding hydrogens is 468 g/mol. The molecule has 178 valence electrons. The predicted molar refractivity (Wildman–Crippen MR) is 144 cm³/mol. The molecule has 5 heteroatoms. The SMILES string of the molecule is Cc1ccc(C2(c3ccc(C)cc3)C(=O)N(c3ccc(Cl)cc3)C23C(=O)N(C)c2ccccc23)cc1. The zero-order valence-corrected chi connectivity index (χ0v) is 21.1. The predicted octanol–water partition coefficient (Wildman–Crippen LogP) is 6.16. The number of nitrogens with zero attached hydrogens (tertiary/aromatic N) is 2. The van der Waals surface area contributed by atoms with Crippen molar-refractivity contribution in [3.8, 4) is 0 Å². The molecule has 1 fully saturated rings. The van der Waals surface area contributed by atoms with Gasteiger partial charge in [-0.3, -0.25) is 14.5 Å². The Balaban J connectivity index is 1.75. The van der Waals surface area contributed by atoms with Gasteiger partial charge in [-0.1, -0.05) is 89.5 Å². The molecule has 0 radical (unpaired) electrons. The Labute approximate surface area is 215 Å². The van der Waals surface area contributed by atoms with Gasteiger partial charge < -0.3 is 4.90 Å². The average Bonchev–Trinajstić information content (AvgIpc) is 3.12. The second kappa shape index (κ2) is 7.81. The summed E-state index contributed by atoms with van der Waals surface area (Å²) in [4.78, 5) is 32.6. The molecule has 2 heterocycles. The number of amides is 2. The first-order chi connectivity index (χ1) is 17.3. The standard InChI is InChI=1S/C31H25ClN2O2/c1-20-8-12-22(13-9-20)30(23-14-10-21(2)11-15-23)28(35)34(25-18-16-24(32)17-19-25)31(30)26-6-4-5-7-27(26)33(3)29(31)36/h4-19H,1-3H3. The summed E-state index contributed by atoms with van der Waals surface area (Å²) in [6.45, 7) is 4.04. The minimum absolute atomic E-state index is 0.139. The number of aryl methyl sites for hydroxylation is 2. The molecular formula is C31H25ClN2O2. The van der Waals surface area contributed by atoms with Gasteiger partial charge in [-0.15, -0.1) is 0 Å². The minimum Gasteiger partial charge on any atom is -0.313 e. The largest absolute Gasteiger partial charge is 0.313 e. The molecule has 4 nitrogen and oxygen atoms in total. The molecule has 0 aliphatic carbocycles. The average molecular weight is 493 g/mol. The first kappa shape index (κ1) is 22.6. The van der Waals surface area contributed by atoms with Crippen LogP contribution < -0.4 is 9.80 Å². The highest BCUT2D eigenvalue weighted by molar-refractivity contribution is 6.31. The number of halogens is 1. The number of rotatable bonds is 3. The second-order valence-electron chi connectivity index (χ2n) is 9.69. The molecule has 1 saturated heterocycles. The molecule has 1 atom stereocenters. The van der Waals surface area contributed by atoms with Gasteiger partial charge in [0.2, 0.25) is 5.91 Å².